The van der Waals surface area contributed by atoms with Gasteiger partial charge in [0.25, 0.3) is 11.7 Å². The number of hydrogen-bond acceptors (Lipinski definition) is 2. The molecule has 144 valence electrons. The summed E-state index contributed by atoms with van der Waals surface area (Å²) < 4.78 is 0. The number of para-hydroxylation sites is 1. The zero-order chi connectivity index (χ0) is 19.2. The second kappa shape index (κ2) is 9.00. The van der Waals surface area contributed by atoms with Crippen LogP contribution in [0.4, 0.5) is 11.5 Å². The molecular weight excluding hydrogens is 336 g/mol. The number of nitrogens with one attached hydrogen (secondary N) is 3. The number of piperazine rings is 1. The van der Waals surface area contributed by atoms with Crippen molar-refractivity contribution in [1.29, 1.82) is 0 Å². The molecule has 1 saturated heterocycles. The summed E-state index contributed by atoms with van der Waals surface area (Å²) in [6.45, 7) is 10.3. The molecule has 0 spiro atoms. The quantitative estimate of drug-likeness (QED) is 0.816. The molecule has 0 bridgehead atoms. The van der Waals surface area contributed by atoms with E-state index in [2.05, 4.69) is 47.2 Å². The molecule has 5 nitrogen and oxygen atoms in total. The summed E-state index contributed by atoms with van der Waals surface area (Å²) >= 11 is 0. The Morgan fingerprint density at radius 2 is 1.85 bits per heavy atom. The summed E-state index contributed by atoms with van der Waals surface area (Å²) in [5.41, 5.74) is 2.18. The zero-order valence-electron chi connectivity index (χ0n) is 16.7. The second-order valence-electron chi connectivity index (χ2n) is 7.50. The fourth-order valence-corrected chi connectivity index (χ4v) is 3.74. The maximum atomic E-state index is 12.9. The third kappa shape index (κ3) is 4.66. The van der Waals surface area contributed by atoms with Crippen LogP contribution < -0.4 is 20.1 Å². The monoisotopic (exact) mass is 368 g/mol. The van der Waals surface area contributed by atoms with E-state index in [1.165, 1.54) is 10.5 Å². The molecule has 27 heavy (non-hydrogen) atoms. The van der Waals surface area contributed by atoms with Crippen LogP contribution in [0.3, 0.4) is 0 Å². The van der Waals surface area contributed by atoms with E-state index < -0.39 is 0 Å². The molecule has 1 amide bonds. The van der Waals surface area contributed by atoms with Gasteiger partial charge in [0.15, 0.2) is 6.04 Å². The molecule has 3 N–H and O–H groups in total. The lowest BCUT2D eigenvalue weighted by Crippen LogP contribution is -3.19. The molecule has 1 aliphatic rings. The number of nitrogens with zero attached hydrogens (tertiary/aromatic N) is 1. The summed E-state index contributed by atoms with van der Waals surface area (Å²) in [4.78, 5) is 19.9. The molecule has 1 aliphatic heterocycles. The summed E-state index contributed by atoms with van der Waals surface area (Å²) in [6.07, 6.45) is 3.02. The van der Waals surface area contributed by atoms with E-state index >= 15 is 0 Å². The lowest BCUT2D eigenvalue weighted by atomic mass is 9.97. The minimum absolute atomic E-state index is 0.0584. The maximum absolute atomic E-state index is 12.9. The van der Waals surface area contributed by atoms with E-state index in [1.54, 1.807) is 0 Å². The molecule has 0 saturated carbocycles. The molecule has 0 radical (unpaired) electrons. The van der Waals surface area contributed by atoms with Crippen LogP contribution in [0.5, 0.6) is 0 Å². The van der Waals surface area contributed by atoms with Crippen molar-refractivity contribution in [2.45, 2.75) is 39.2 Å². The van der Waals surface area contributed by atoms with Crippen molar-refractivity contribution in [2.75, 3.05) is 36.4 Å². The number of aromatic nitrogens is 1. The fourth-order valence-electron chi connectivity index (χ4n) is 3.74. The standard InChI is InChI=1S/C22H30N4O/c1-4-17(2)19-9-5-6-10-20(19)24-22(27)18(3)25-13-15-26(16-14-25)21-11-7-8-12-23-21/h5-12,17-18H,4,13-16H2,1-3H3,(H,24,27)/p+2/t17-,18-/m0/s1. The van der Waals surface area contributed by atoms with Gasteiger partial charge in [0.2, 0.25) is 0 Å². The molecule has 1 fully saturated rings. The molecule has 0 unspecified atom stereocenters. The number of benzene rings is 1. The van der Waals surface area contributed by atoms with Crippen LogP contribution in [-0.4, -0.2) is 38.1 Å². The number of pyridine rings is 1. The number of hydrogen-bond donors (Lipinski definition) is 2. The van der Waals surface area contributed by atoms with Crippen molar-refractivity contribution in [1.82, 2.24) is 0 Å². The van der Waals surface area contributed by atoms with Crippen molar-refractivity contribution in [2.24, 2.45) is 0 Å². The first-order chi connectivity index (χ1) is 13.1. The number of carbonyl (C=O) groups is 1. The first kappa shape index (κ1) is 19.4. The Balaban J connectivity index is 1.59. The molecule has 2 atom stereocenters. The highest BCUT2D eigenvalue weighted by Crippen LogP contribution is 2.26. The van der Waals surface area contributed by atoms with Crippen molar-refractivity contribution >= 4 is 17.4 Å². The summed E-state index contributed by atoms with van der Waals surface area (Å²) in [7, 11) is 0. The van der Waals surface area contributed by atoms with Crippen LogP contribution in [-0.2, 0) is 4.79 Å². The zero-order valence-corrected chi connectivity index (χ0v) is 16.7. The normalized spacial score (nSPS) is 17.4. The highest BCUT2D eigenvalue weighted by molar-refractivity contribution is 5.94. The van der Waals surface area contributed by atoms with Gasteiger partial charge in [-0.3, -0.25) is 9.69 Å². The molecular formula is C22H32N4O+2. The van der Waals surface area contributed by atoms with E-state index in [9.17, 15) is 4.79 Å². The van der Waals surface area contributed by atoms with Gasteiger partial charge >= 0.3 is 0 Å². The number of anilines is 2. The van der Waals surface area contributed by atoms with Gasteiger partial charge in [-0.1, -0.05) is 38.1 Å². The van der Waals surface area contributed by atoms with Gasteiger partial charge in [-0.25, -0.2) is 4.98 Å². The Hall–Kier alpha value is -2.40. The number of rotatable bonds is 6. The van der Waals surface area contributed by atoms with E-state index in [-0.39, 0.29) is 11.9 Å². The van der Waals surface area contributed by atoms with Crippen molar-refractivity contribution in [3.63, 3.8) is 0 Å². The number of amides is 1. The Morgan fingerprint density at radius 3 is 2.52 bits per heavy atom. The van der Waals surface area contributed by atoms with Crippen LogP contribution in [0, 0.1) is 0 Å². The van der Waals surface area contributed by atoms with Gasteiger partial charge < -0.3 is 10.2 Å². The lowest BCUT2D eigenvalue weighted by molar-refractivity contribution is -0.914. The van der Waals surface area contributed by atoms with Crippen LogP contribution >= 0.6 is 0 Å². The molecule has 5 heteroatoms. The summed E-state index contributed by atoms with van der Waals surface area (Å²) in [6, 6.07) is 14.3. The lowest BCUT2D eigenvalue weighted by Gasteiger charge is -2.31. The number of H-pyrrole nitrogens is 1. The minimum atomic E-state index is -0.0584. The number of carbonyl (C=O) groups excluding carboxylic acids is 1. The predicted molar refractivity (Wildman–Crippen MR) is 109 cm³/mol. The molecule has 2 heterocycles. The molecule has 1 aromatic carbocycles. The second-order valence-corrected chi connectivity index (χ2v) is 7.50. The third-order valence-electron chi connectivity index (χ3n) is 5.81. The Bertz CT molecular complexity index is 741. The van der Waals surface area contributed by atoms with Gasteiger partial charge in [-0.15, -0.1) is 0 Å². The van der Waals surface area contributed by atoms with Crippen LogP contribution in [0.25, 0.3) is 0 Å². The van der Waals surface area contributed by atoms with Crippen molar-refractivity contribution in [3.8, 4) is 0 Å². The van der Waals surface area contributed by atoms with Crippen molar-refractivity contribution in [3.05, 3.63) is 54.2 Å². The molecule has 0 aliphatic carbocycles. The predicted octanol–water partition coefficient (Wildman–Crippen LogP) is 1.75. The Kier molecular flexibility index (Phi) is 6.45. The average molecular weight is 369 g/mol. The fraction of sp³-hybridized carbons (Fsp3) is 0.455. The van der Waals surface area contributed by atoms with Gasteiger partial charge in [0.05, 0.1) is 6.20 Å². The van der Waals surface area contributed by atoms with Crippen LogP contribution in [0.1, 0.15) is 38.7 Å². The first-order valence-corrected chi connectivity index (χ1v) is 10.1. The topological polar surface area (TPSA) is 50.9 Å². The van der Waals surface area contributed by atoms with E-state index in [1.807, 2.05) is 37.4 Å². The summed E-state index contributed by atoms with van der Waals surface area (Å²) in [5, 5.41) is 3.19. The molecule has 2 aromatic rings. The SMILES string of the molecule is CC[C@H](C)c1ccccc1NC(=O)[C@H](C)[NH+]1CCN(c2cccc[nH+]2)CC1. The minimum Gasteiger partial charge on any atom is -0.321 e. The summed E-state index contributed by atoms with van der Waals surface area (Å²) in [5.74, 6) is 1.70. The van der Waals surface area contributed by atoms with Crippen LogP contribution in [0.2, 0.25) is 0 Å². The smallest absolute Gasteiger partial charge is 0.282 e. The largest absolute Gasteiger partial charge is 0.321 e. The van der Waals surface area contributed by atoms with Crippen LogP contribution in [0.15, 0.2) is 48.7 Å². The first-order valence-electron chi connectivity index (χ1n) is 10.1. The third-order valence-corrected chi connectivity index (χ3v) is 5.81. The molecule has 1 aromatic heterocycles. The highest BCUT2D eigenvalue weighted by Gasteiger charge is 2.32. The average Bonchev–Trinajstić information content (AvgIpc) is 2.73. The maximum Gasteiger partial charge on any atom is 0.282 e. The number of quaternary nitrogens is 1. The van der Waals surface area contributed by atoms with E-state index in [4.69, 9.17) is 0 Å². The Labute approximate surface area is 162 Å². The van der Waals surface area contributed by atoms with Gasteiger partial charge in [0.1, 0.15) is 26.2 Å². The van der Waals surface area contributed by atoms with E-state index in [0.717, 1.165) is 44.1 Å². The van der Waals surface area contributed by atoms with Gasteiger partial charge in [-0.2, -0.15) is 0 Å². The molecule has 3 rings (SSSR count). The van der Waals surface area contributed by atoms with Gasteiger partial charge in [-0.05, 0) is 37.0 Å². The highest BCUT2D eigenvalue weighted by atomic mass is 16.2. The number of aromatic amines is 1. The van der Waals surface area contributed by atoms with Crippen molar-refractivity contribution < 1.29 is 14.7 Å². The van der Waals surface area contributed by atoms with E-state index in [0.29, 0.717) is 5.92 Å². The Morgan fingerprint density at radius 1 is 1.15 bits per heavy atom. The van der Waals surface area contributed by atoms with Gasteiger partial charge in [0, 0.05) is 11.8 Å².